The molecule has 0 spiro atoms. The van der Waals surface area contributed by atoms with Crippen LogP contribution in [0.1, 0.15) is 12.8 Å². The fourth-order valence-electron chi connectivity index (χ4n) is 1.77. The topological polar surface area (TPSA) is 95.5 Å². The van der Waals surface area contributed by atoms with Crippen molar-refractivity contribution in [3.05, 3.63) is 0 Å². The normalized spacial score (nSPS) is 33.3. The Morgan fingerprint density at radius 3 is 2.60 bits per heavy atom. The van der Waals surface area contributed by atoms with Gasteiger partial charge in [0.15, 0.2) is 0 Å². The first-order valence-electron chi connectivity index (χ1n) is 4.90. The highest BCUT2D eigenvalue weighted by molar-refractivity contribution is 5.93. The van der Waals surface area contributed by atoms with E-state index >= 15 is 0 Å². The number of hydrogen-bond donors (Lipinski definition) is 3. The summed E-state index contributed by atoms with van der Waals surface area (Å²) in [7, 11) is 0. The molecule has 0 bridgehead atoms. The van der Waals surface area contributed by atoms with E-state index in [1.165, 1.54) is 0 Å². The highest BCUT2D eigenvalue weighted by Gasteiger charge is 2.49. The zero-order chi connectivity index (χ0) is 11.0. The number of aliphatic carboxylic acids is 1. The van der Waals surface area contributed by atoms with Gasteiger partial charge in [-0.1, -0.05) is 0 Å². The van der Waals surface area contributed by atoms with E-state index in [0.717, 1.165) is 0 Å². The van der Waals surface area contributed by atoms with Crippen LogP contribution in [-0.2, 0) is 14.4 Å². The molecule has 82 valence electrons. The van der Waals surface area contributed by atoms with Crippen LogP contribution in [0.4, 0.5) is 0 Å². The number of nitrogens with one attached hydrogen (secondary N) is 2. The standard InChI is InChI=1S/C9H12N2O4/c12-7(4-3-5(4)9(14)15)11-6-1-2-10-8(6)13/h4-6H,1-3H2,(H,10,13)(H,11,12)(H,14,15)/t4?,5?,6-/m0/s1. The van der Waals surface area contributed by atoms with Crippen molar-refractivity contribution < 1.29 is 19.5 Å². The second kappa shape index (κ2) is 3.52. The summed E-state index contributed by atoms with van der Waals surface area (Å²) in [6, 6.07) is -0.479. The van der Waals surface area contributed by atoms with Crippen LogP contribution < -0.4 is 10.6 Å². The molecule has 6 heteroatoms. The molecule has 3 atom stereocenters. The number of carboxylic acid groups (broad SMARTS) is 1. The number of amides is 2. The zero-order valence-electron chi connectivity index (χ0n) is 8.03. The zero-order valence-corrected chi connectivity index (χ0v) is 8.03. The molecule has 3 N–H and O–H groups in total. The molecule has 0 aromatic carbocycles. The van der Waals surface area contributed by atoms with Gasteiger partial charge in [-0.15, -0.1) is 0 Å². The Morgan fingerprint density at radius 2 is 2.13 bits per heavy atom. The van der Waals surface area contributed by atoms with Gasteiger partial charge in [-0.3, -0.25) is 14.4 Å². The molecule has 2 unspecified atom stereocenters. The predicted molar refractivity (Wildman–Crippen MR) is 48.8 cm³/mol. The molecule has 1 aliphatic carbocycles. The molecule has 1 aliphatic heterocycles. The third-order valence-electron chi connectivity index (χ3n) is 2.81. The largest absolute Gasteiger partial charge is 0.481 e. The van der Waals surface area contributed by atoms with Crippen molar-refractivity contribution >= 4 is 17.8 Å². The fraction of sp³-hybridized carbons (Fsp3) is 0.667. The minimum atomic E-state index is -0.939. The quantitative estimate of drug-likeness (QED) is 0.542. The third kappa shape index (κ3) is 1.93. The Balaban J connectivity index is 1.83. The molecule has 2 aliphatic rings. The molecule has 15 heavy (non-hydrogen) atoms. The second-order valence-corrected chi connectivity index (χ2v) is 3.93. The van der Waals surface area contributed by atoms with Crippen molar-refractivity contribution in [1.29, 1.82) is 0 Å². The van der Waals surface area contributed by atoms with Crippen LogP contribution in [0.25, 0.3) is 0 Å². The van der Waals surface area contributed by atoms with Gasteiger partial charge < -0.3 is 15.7 Å². The third-order valence-corrected chi connectivity index (χ3v) is 2.81. The van der Waals surface area contributed by atoms with Gasteiger partial charge in [-0.25, -0.2) is 0 Å². The molecule has 2 rings (SSSR count). The molecule has 1 saturated heterocycles. The number of hydrogen-bond acceptors (Lipinski definition) is 3. The first-order chi connectivity index (χ1) is 7.09. The summed E-state index contributed by atoms with van der Waals surface area (Å²) >= 11 is 0. The maximum absolute atomic E-state index is 11.5. The van der Waals surface area contributed by atoms with Crippen LogP contribution in [-0.4, -0.2) is 35.5 Å². The predicted octanol–water partition coefficient (Wildman–Crippen LogP) is -1.29. The van der Waals surface area contributed by atoms with Gasteiger partial charge >= 0.3 is 5.97 Å². The Kier molecular flexibility index (Phi) is 2.34. The Hall–Kier alpha value is -1.59. The van der Waals surface area contributed by atoms with Gasteiger partial charge in [0.1, 0.15) is 6.04 Å². The van der Waals surface area contributed by atoms with E-state index in [1.54, 1.807) is 0 Å². The van der Waals surface area contributed by atoms with E-state index in [1.807, 2.05) is 0 Å². The van der Waals surface area contributed by atoms with Gasteiger partial charge in [-0.05, 0) is 12.8 Å². The minimum Gasteiger partial charge on any atom is -0.481 e. The second-order valence-electron chi connectivity index (χ2n) is 3.93. The smallest absolute Gasteiger partial charge is 0.307 e. The fourth-order valence-corrected chi connectivity index (χ4v) is 1.77. The number of carbonyl (C=O) groups excluding carboxylic acids is 2. The molecule has 0 aromatic heterocycles. The summed E-state index contributed by atoms with van der Waals surface area (Å²) in [6.07, 6.45) is 0.963. The summed E-state index contributed by atoms with van der Waals surface area (Å²) in [5.74, 6) is -2.45. The van der Waals surface area contributed by atoms with Crippen LogP contribution in [0.15, 0.2) is 0 Å². The van der Waals surface area contributed by atoms with Crippen molar-refractivity contribution in [2.45, 2.75) is 18.9 Å². The van der Waals surface area contributed by atoms with Gasteiger partial charge in [0, 0.05) is 6.54 Å². The average molecular weight is 212 g/mol. The van der Waals surface area contributed by atoms with Gasteiger partial charge in [0.25, 0.3) is 0 Å². The molecule has 6 nitrogen and oxygen atoms in total. The van der Waals surface area contributed by atoms with E-state index in [4.69, 9.17) is 5.11 Å². The number of rotatable bonds is 3. The molecule has 1 heterocycles. The van der Waals surface area contributed by atoms with E-state index in [9.17, 15) is 14.4 Å². The van der Waals surface area contributed by atoms with Crippen molar-refractivity contribution in [2.75, 3.05) is 6.54 Å². The monoisotopic (exact) mass is 212 g/mol. The molecule has 2 amide bonds. The van der Waals surface area contributed by atoms with Gasteiger partial charge in [-0.2, -0.15) is 0 Å². The Bertz CT molecular complexity index is 328. The van der Waals surface area contributed by atoms with Crippen molar-refractivity contribution in [2.24, 2.45) is 11.8 Å². The molecular formula is C9H12N2O4. The van der Waals surface area contributed by atoms with Crippen molar-refractivity contribution in [3.63, 3.8) is 0 Å². The molecule has 0 radical (unpaired) electrons. The first kappa shape index (κ1) is 9.95. The lowest BCUT2D eigenvalue weighted by molar-refractivity contribution is -0.140. The van der Waals surface area contributed by atoms with Crippen LogP contribution in [0, 0.1) is 11.8 Å². The van der Waals surface area contributed by atoms with Crippen molar-refractivity contribution in [3.8, 4) is 0 Å². The Morgan fingerprint density at radius 1 is 1.40 bits per heavy atom. The maximum atomic E-state index is 11.5. The summed E-state index contributed by atoms with van der Waals surface area (Å²) < 4.78 is 0. The molecule has 2 fully saturated rings. The molecule has 1 saturated carbocycles. The molecule has 0 aromatic rings. The summed E-state index contributed by atoms with van der Waals surface area (Å²) in [4.78, 5) is 33.1. The first-order valence-corrected chi connectivity index (χ1v) is 4.90. The number of carboxylic acids is 1. The molecular weight excluding hydrogens is 200 g/mol. The van der Waals surface area contributed by atoms with E-state index < -0.39 is 23.8 Å². The summed E-state index contributed by atoms with van der Waals surface area (Å²) in [6.45, 7) is 0.566. The Labute approximate surface area is 86.0 Å². The minimum absolute atomic E-state index is 0.184. The highest BCUT2D eigenvalue weighted by Crippen LogP contribution is 2.38. The lowest BCUT2D eigenvalue weighted by Gasteiger charge is -2.08. The van der Waals surface area contributed by atoms with Crippen LogP contribution >= 0.6 is 0 Å². The van der Waals surface area contributed by atoms with E-state index in [0.29, 0.717) is 19.4 Å². The van der Waals surface area contributed by atoms with Gasteiger partial charge in [0.2, 0.25) is 11.8 Å². The van der Waals surface area contributed by atoms with Crippen LogP contribution in [0.5, 0.6) is 0 Å². The maximum Gasteiger partial charge on any atom is 0.307 e. The van der Waals surface area contributed by atoms with Crippen LogP contribution in [0.3, 0.4) is 0 Å². The van der Waals surface area contributed by atoms with Gasteiger partial charge in [0.05, 0.1) is 11.8 Å². The van der Waals surface area contributed by atoms with Crippen molar-refractivity contribution in [1.82, 2.24) is 10.6 Å². The SMILES string of the molecule is O=C(O)C1CC1C(=O)N[C@H]1CCNC1=O. The lowest BCUT2D eigenvalue weighted by atomic mass is 10.2. The summed E-state index contributed by atoms with van der Waals surface area (Å²) in [5, 5.41) is 13.8. The lowest BCUT2D eigenvalue weighted by Crippen LogP contribution is -2.41. The van der Waals surface area contributed by atoms with Crippen LogP contribution in [0.2, 0.25) is 0 Å². The highest BCUT2D eigenvalue weighted by atomic mass is 16.4. The number of carbonyl (C=O) groups is 3. The summed E-state index contributed by atoms with van der Waals surface area (Å²) in [5.41, 5.74) is 0. The average Bonchev–Trinajstić information content (AvgIpc) is 2.88. The van der Waals surface area contributed by atoms with E-state index in [-0.39, 0.29) is 11.8 Å². The van der Waals surface area contributed by atoms with E-state index in [2.05, 4.69) is 10.6 Å².